The number of hydrogen-bond donors (Lipinski definition) is 2. The van der Waals surface area contributed by atoms with Gasteiger partial charge >= 0.3 is 0 Å². The summed E-state index contributed by atoms with van der Waals surface area (Å²) in [7, 11) is 0. The van der Waals surface area contributed by atoms with Crippen LogP contribution < -0.4 is 10.6 Å². The number of aromatic nitrogens is 2. The normalized spacial score (nSPS) is 16.5. The highest BCUT2D eigenvalue weighted by molar-refractivity contribution is 6.23. The molecule has 166 valence electrons. The maximum Gasteiger partial charge on any atom is 0.227 e. The van der Waals surface area contributed by atoms with E-state index in [1.165, 1.54) is 0 Å². The molecule has 1 aromatic heterocycles. The van der Waals surface area contributed by atoms with Crippen molar-refractivity contribution in [2.24, 2.45) is 5.92 Å². The summed E-state index contributed by atoms with van der Waals surface area (Å²) in [5.41, 5.74) is 4.99. The van der Waals surface area contributed by atoms with E-state index in [0.717, 1.165) is 64.7 Å². The number of Topliss-reactive ketones (excluding diaryl/α,β-unsaturated/α-hetero) is 1. The Kier molecular flexibility index (Phi) is 5.73. The summed E-state index contributed by atoms with van der Waals surface area (Å²) < 4.78 is 0. The molecule has 2 aromatic carbocycles. The van der Waals surface area contributed by atoms with Crippen LogP contribution in [0.15, 0.2) is 66.4 Å². The molecule has 1 saturated carbocycles. The number of carbonyl (C=O) groups is 2. The Balaban J connectivity index is 1.34. The van der Waals surface area contributed by atoms with E-state index in [4.69, 9.17) is 0 Å². The molecule has 0 aliphatic heterocycles. The SMILES string of the molecule is CC1=C(c2ccc3nc(Nc4cccc(NC(=O)C5CCCC5)c4)ncc3c2)C(=O)CC=C1. The third-order valence-electron chi connectivity index (χ3n) is 6.32. The van der Waals surface area contributed by atoms with Gasteiger partial charge in [-0.15, -0.1) is 0 Å². The zero-order valence-corrected chi connectivity index (χ0v) is 18.6. The fraction of sp³-hybridized carbons (Fsp3) is 0.259. The molecule has 1 amide bonds. The van der Waals surface area contributed by atoms with E-state index in [1.807, 2.05) is 61.5 Å². The first-order valence-electron chi connectivity index (χ1n) is 11.4. The number of allylic oxidation sites excluding steroid dienone is 4. The fourth-order valence-electron chi connectivity index (χ4n) is 4.62. The number of carbonyl (C=O) groups excluding carboxylic acids is 2. The Morgan fingerprint density at radius 3 is 2.70 bits per heavy atom. The van der Waals surface area contributed by atoms with E-state index in [1.54, 1.807) is 6.20 Å². The predicted octanol–water partition coefficient (Wildman–Crippen LogP) is 5.80. The predicted molar refractivity (Wildman–Crippen MR) is 131 cm³/mol. The summed E-state index contributed by atoms with van der Waals surface area (Å²) in [6.45, 7) is 1.96. The van der Waals surface area contributed by atoms with Crippen LogP contribution in [0.1, 0.15) is 44.6 Å². The monoisotopic (exact) mass is 438 g/mol. The van der Waals surface area contributed by atoms with Gasteiger partial charge in [-0.2, -0.15) is 0 Å². The van der Waals surface area contributed by atoms with Crippen molar-refractivity contribution in [2.45, 2.75) is 39.0 Å². The van der Waals surface area contributed by atoms with Crippen molar-refractivity contribution in [1.29, 1.82) is 0 Å². The van der Waals surface area contributed by atoms with Crippen molar-refractivity contribution < 1.29 is 9.59 Å². The molecule has 2 aliphatic rings. The number of fused-ring (bicyclic) bond motifs is 1. The Labute approximate surface area is 192 Å². The summed E-state index contributed by atoms with van der Waals surface area (Å²) >= 11 is 0. The van der Waals surface area contributed by atoms with E-state index < -0.39 is 0 Å². The second-order valence-corrected chi connectivity index (χ2v) is 8.73. The Bertz CT molecular complexity index is 1300. The van der Waals surface area contributed by atoms with Gasteiger partial charge in [0.15, 0.2) is 5.78 Å². The van der Waals surface area contributed by atoms with Crippen molar-refractivity contribution in [1.82, 2.24) is 9.97 Å². The molecule has 0 saturated heterocycles. The topological polar surface area (TPSA) is 84.0 Å². The lowest BCUT2D eigenvalue weighted by atomic mass is 9.91. The highest BCUT2D eigenvalue weighted by atomic mass is 16.2. The molecule has 1 heterocycles. The second kappa shape index (κ2) is 8.98. The van der Waals surface area contributed by atoms with Gasteiger partial charge in [-0.3, -0.25) is 9.59 Å². The standard InChI is InChI=1S/C27H26N4O2/c1-17-6-4-11-24(32)25(17)19-12-13-23-20(14-19)16-28-27(31-23)30-22-10-5-9-21(15-22)29-26(33)18-7-2-3-8-18/h4-6,9-10,12-16,18H,2-3,7-8,11H2,1H3,(H,29,33)(H,28,30,31). The lowest BCUT2D eigenvalue weighted by Crippen LogP contribution is -2.20. The highest BCUT2D eigenvalue weighted by Crippen LogP contribution is 2.29. The van der Waals surface area contributed by atoms with Gasteiger partial charge in [-0.25, -0.2) is 9.97 Å². The molecule has 3 aromatic rings. The van der Waals surface area contributed by atoms with Crippen molar-refractivity contribution in [3.63, 3.8) is 0 Å². The summed E-state index contributed by atoms with van der Waals surface area (Å²) in [6.07, 6.45) is 10.3. The summed E-state index contributed by atoms with van der Waals surface area (Å²) in [6, 6.07) is 13.4. The quantitative estimate of drug-likeness (QED) is 0.526. The number of nitrogens with one attached hydrogen (secondary N) is 2. The van der Waals surface area contributed by atoms with Crippen molar-refractivity contribution >= 4 is 45.5 Å². The molecule has 2 N–H and O–H groups in total. The Hall–Kier alpha value is -3.80. The smallest absolute Gasteiger partial charge is 0.227 e. The van der Waals surface area contributed by atoms with Crippen LogP contribution >= 0.6 is 0 Å². The third-order valence-corrected chi connectivity index (χ3v) is 6.32. The van der Waals surface area contributed by atoms with Gasteiger partial charge in [0.25, 0.3) is 0 Å². The largest absolute Gasteiger partial charge is 0.326 e. The average molecular weight is 439 g/mol. The number of nitrogens with zero attached hydrogens (tertiary/aromatic N) is 2. The van der Waals surface area contributed by atoms with Crippen LogP contribution in [0.3, 0.4) is 0 Å². The third kappa shape index (κ3) is 4.55. The molecule has 2 aliphatic carbocycles. The minimum atomic E-state index is 0.0969. The molecule has 0 bridgehead atoms. The first-order valence-corrected chi connectivity index (χ1v) is 11.4. The van der Waals surface area contributed by atoms with Crippen LogP contribution in [-0.4, -0.2) is 21.7 Å². The zero-order chi connectivity index (χ0) is 22.8. The molecule has 6 heteroatoms. The average Bonchev–Trinajstić information content (AvgIpc) is 3.35. The van der Waals surface area contributed by atoms with E-state index in [-0.39, 0.29) is 17.6 Å². The molecule has 0 unspecified atom stereocenters. The molecule has 1 fully saturated rings. The van der Waals surface area contributed by atoms with Gasteiger partial charge in [0.2, 0.25) is 11.9 Å². The fourth-order valence-corrected chi connectivity index (χ4v) is 4.62. The van der Waals surface area contributed by atoms with Gasteiger partial charge in [0, 0.05) is 40.9 Å². The van der Waals surface area contributed by atoms with Gasteiger partial charge in [0.05, 0.1) is 5.52 Å². The number of benzene rings is 2. The van der Waals surface area contributed by atoms with Crippen LogP contribution in [-0.2, 0) is 9.59 Å². The van der Waals surface area contributed by atoms with Crippen molar-refractivity contribution in [3.05, 3.63) is 72.0 Å². The summed E-state index contributed by atoms with van der Waals surface area (Å²) in [5, 5.41) is 7.13. The van der Waals surface area contributed by atoms with Crippen LogP contribution in [0.4, 0.5) is 17.3 Å². The lowest BCUT2D eigenvalue weighted by Gasteiger charge is -2.13. The Morgan fingerprint density at radius 1 is 1.06 bits per heavy atom. The summed E-state index contributed by atoms with van der Waals surface area (Å²) in [5.74, 6) is 0.824. The van der Waals surface area contributed by atoms with E-state index >= 15 is 0 Å². The van der Waals surface area contributed by atoms with Crippen molar-refractivity contribution in [2.75, 3.05) is 10.6 Å². The van der Waals surface area contributed by atoms with Gasteiger partial charge in [-0.1, -0.05) is 37.1 Å². The summed E-state index contributed by atoms with van der Waals surface area (Å²) in [4.78, 5) is 33.9. The van der Waals surface area contributed by atoms with E-state index in [9.17, 15) is 9.59 Å². The molecule has 33 heavy (non-hydrogen) atoms. The number of ketones is 1. The number of rotatable bonds is 5. The first-order chi connectivity index (χ1) is 16.1. The number of anilines is 3. The maximum atomic E-state index is 12.4. The van der Waals surface area contributed by atoms with Crippen molar-refractivity contribution in [3.8, 4) is 0 Å². The minimum Gasteiger partial charge on any atom is -0.326 e. The van der Waals surface area contributed by atoms with Crippen LogP contribution in [0, 0.1) is 5.92 Å². The van der Waals surface area contributed by atoms with E-state index in [0.29, 0.717) is 12.4 Å². The molecule has 6 nitrogen and oxygen atoms in total. The van der Waals surface area contributed by atoms with Crippen LogP contribution in [0.2, 0.25) is 0 Å². The number of amides is 1. The molecule has 0 atom stereocenters. The van der Waals surface area contributed by atoms with Crippen LogP contribution in [0.5, 0.6) is 0 Å². The lowest BCUT2D eigenvalue weighted by molar-refractivity contribution is -0.119. The second-order valence-electron chi connectivity index (χ2n) is 8.73. The molecule has 5 rings (SSSR count). The zero-order valence-electron chi connectivity index (χ0n) is 18.6. The minimum absolute atomic E-state index is 0.0969. The van der Waals surface area contributed by atoms with Gasteiger partial charge < -0.3 is 10.6 Å². The van der Waals surface area contributed by atoms with Gasteiger partial charge in [0.1, 0.15) is 0 Å². The molecule has 0 radical (unpaired) electrons. The van der Waals surface area contributed by atoms with Crippen LogP contribution in [0.25, 0.3) is 16.5 Å². The first kappa shape index (κ1) is 21.1. The van der Waals surface area contributed by atoms with Gasteiger partial charge in [-0.05, 0) is 61.2 Å². The molecular weight excluding hydrogens is 412 g/mol. The molecule has 0 spiro atoms. The maximum absolute atomic E-state index is 12.4. The number of hydrogen-bond acceptors (Lipinski definition) is 5. The highest BCUT2D eigenvalue weighted by Gasteiger charge is 2.22. The molecular formula is C27H26N4O2. The van der Waals surface area contributed by atoms with E-state index in [2.05, 4.69) is 20.6 Å². The Morgan fingerprint density at radius 2 is 1.88 bits per heavy atom.